The van der Waals surface area contributed by atoms with E-state index < -0.39 is 5.60 Å². The number of aromatic nitrogens is 1. The molecule has 0 bridgehead atoms. The van der Waals surface area contributed by atoms with Crippen molar-refractivity contribution in [2.24, 2.45) is 5.92 Å². The molecule has 25 heavy (non-hydrogen) atoms. The van der Waals surface area contributed by atoms with E-state index in [9.17, 15) is 9.90 Å². The minimum absolute atomic E-state index is 0.128. The number of H-pyrrole nitrogens is 1. The number of ether oxygens (including phenoxy) is 1. The quantitative estimate of drug-likeness (QED) is 0.802. The maximum Gasteiger partial charge on any atom is 0.253 e. The van der Waals surface area contributed by atoms with Gasteiger partial charge in [-0.15, -0.1) is 0 Å². The zero-order valence-corrected chi connectivity index (χ0v) is 14.7. The molecule has 5 nitrogen and oxygen atoms in total. The van der Waals surface area contributed by atoms with E-state index in [-0.39, 0.29) is 12.5 Å². The number of aromatic amines is 1. The van der Waals surface area contributed by atoms with E-state index in [1.54, 1.807) is 0 Å². The summed E-state index contributed by atoms with van der Waals surface area (Å²) in [4.78, 5) is 16.2. The highest BCUT2D eigenvalue weighted by Gasteiger charge is 2.30. The number of aryl methyl sites for hydroxylation is 1. The fourth-order valence-corrected chi connectivity index (χ4v) is 4.07. The number of carbonyl (C=O) groups excluding carboxylic acids is 1. The molecule has 1 amide bonds. The van der Waals surface area contributed by atoms with Crippen molar-refractivity contribution in [2.45, 2.75) is 44.6 Å². The van der Waals surface area contributed by atoms with Crippen molar-refractivity contribution in [3.8, 4) is 0 Å². The predicted molar refractivity (Wildman–Crippen MR) is 96.8 cm³/mol. The summed E-state index contributed by atoms with van der Waals surface area (Å²) in [5.74, 6) is 0.559. The van der Waals surface area contributed by atoms with E-state index in [0.717, 1.165) is 18.4 Å². The van der Waals surface area contributed by atoms with Gasteiger partial charge in [0.1, 0.15) is 0 Å². The predicted octanol–water partition coefficient (Wildman–Crippen LogP) is 2.56. The largest absolute Gasteiger partial charge is 0.388 e. The summed E-state index contributed by atoms with van der Waals surface area (Å²) in [7, 11) is 0. The lowest BCUT2D eigenvalue weighted by Gasteiger charge is -2.32. The van der Waals surface area contributed by atoms with E-state index >= 15 is 0 Å². The van der Waals surface area contributed by atoms with Crippen LogP contribution in [0.4, 0.5) is 0 Å². The molecule has 1 fully saturated rings. The summed E-state index contributed by atoms with van der Waals surface area (Å²) >= 11 is 0. The highest BCUT2D eigenvalue weighted by atomic mass is 16.5. The molecular formula is C20H26N2O3. The minimum atomic E-state index is -0.855. The molecule has 134 valence electrons. The van der Waals surface area contributed by atoms with Crippen molar-refractivity contribution >= 4 is 16.8 Å². The number of hydrogen-bond acceptors (Lipinski definition) is 3. The molecule has 1 aliphatic heterocycles. The molecule has 4 rings (SSSR count). The second-order valence-corrected chi connectivity index (χ2v) is 7.68. The van der Waals surface area contributed by atoms with Crippen molar-refractivity contribution in [1.82, 2.24) is 10.3 Å². The number of amides is 1. The third-order valence-electron chi connectivity index (χ3n) is 5.72. The van der Waals surface area contributed by atoms with Gasteiger partial charge < -0.3 is 20.1 Å². The number of hydrogen-bond donors (Lipinski definition) is 3. The number of nitrogens with one attached hydrogen (secondary N) is 2. The van der Waals surface area contributed by atoms with Gasteiger partial charge in [0.2, 0.25) is 0 Å². The summed E-state index contributed by atoms with van der Waals surface area (Å²) in [6.45, 7) is 3.64. The van der Waals surface area contributed by atoms with Crippen LogP contribution in [0.25, 0.3) is 10.9 Å². The molecule has 1 aromatic heterocycles. The standard InChI is InChI=1S/C20H26N2O3/c1-13-5-6-17-16(11-13)14-3-2-4-15(18(14)22-17)19(23)21-12-20(24)7-9-25-10-8-20/h2-4,13,22,24H,5-12H2,1H3,(H,21,23). The Balaban J connectivity index is 1.57. The Morgan fingerprint density at radius 2 is 2.20 bits per heavy atom. The van der Waals surface area contributed by atoms with Gasteiger partial charge in [0.25, 0.3) is 5.91 Å². The molecule has 3 N–H and O–H groups in total. The second kappa shape index (κ2) is 6.46. The van der Waals surface area contributed by atoms with Crippen LogP contribution in [0.3, 0.4) is 0 Å². The van der Waals surface area contributed by atoms with E-state index in [0.29, 0.717) is 37.5 Å². The molecule has 1 unspecified atom stereocenters. The average Bonchev–Trinajstić information content (AvgIpc) is 2.98. The normalized spacial score (nSPS) is 22.6. The highest BCUT2D eigenvalue weighted by molar-refractivity contribution is 6.06. The molecule has 1 saturated heterocycles. The lowest BCUT2D eigenvalue weighted by atomic mass is 9.87. The molecule has 5 heteroatoms. The van der Waals surface area contributed by atoms with Crippen LogP contribution in [-0.4, -0.2) is 41.4 Å². The SMILES string of the molecule is CC1CCc2[nH]c3c(C(=O)NCC4(O)CCOCC4)cccc3c2C1. The summed E-state index contributed by atoms with van der Waals surface area (Å²) in [5, 5.41) is 14.6. The van der Waals surface area contributed by atoms with Crippen LogP contribution in [0.5, 0.6) is 0 Å². The Morgan fingerprint density at radius 1 is 1.40 bits per heavy atom. The zero-order valence-electron chi connectivity index (χ0n) is 14.7. The van der Waals surface area contributed by atoms with Crippen LogP contribution < -0.4 is 5.32 Å². The lowest BCUT2D eigenvalue weighted by molar-refractivity contribution is -0.0605. The Kier molecular flexibility index (Phi) is 4.29. The smallest absolute Gasteiger partial charge is 0.253 e. The van der Waals surface area contributed by atoms with Gasteiger partial charge in [0, 0.05) is 43.7 Å². The third-order valence-corrected chi connectivity index (χ3v) is 5.72. The number of rotatable bonds is 3. The molecule has 2 aliphatic rings. The fourth-order valence-electron chi connectivity index (χ4n) is 4.07. The van der Waals surface area contributed by atoms with Crippen molar-refractivity contribution in [3.05, 3.63) is 35.0 Å². The topological polar surface area (TPSA) is 74.4 Å². The minimum Gasteiger partial charge on any atom is -0.388 e. The van der Waals surface area contributed by atoms with Gasteiger partial charge in [-0.3, -0.25) is 4.79 Å². The highest BCUT2D eigenvalue weighted by Crippen LogP contribution is 2.33. The van der Waals surface area contributed by atoms with Gasteiger partial charge in [-0.1, -0.05) is 19.1 Å². The Labute approximate surface area is 147 Å². The Hall–Kier alpha value is -1.85. The van der Waals surface area contributed by atoms with E-state index in [1.807, 2.05) is 12.1 Å². The summed E-state index contributed by atoms with van der Waals surface area (Å²) in [6, 6.07) is 5.91. The monoisotopic (exact) mass is 342 g/mol. The number of carbonyl (C=O) groups is 1. The molecule has 0 saturated carbocycles. The van der Waals surface area contributed by atoms with Crippen LogP contribution in [0.2, 0.25) is 0 Å². The van der Waals surface area contributed by atoms with Crippen LogP contribution in [0.15, 0.2) is 18.2 Å². The number of benzene rings is 1. The molecule has 1 aliphatic carbocycles. The van der Waals surface area contributed by atoms with Crippen LogP contribution >= 0.6 is 0 Å². The first-order valence-electron chi connectivity index (χ1n) is 9.26. The second-order valence-electron chi connectivity index (χ2n) is 7.68. The van der Waals surface area contributed by atoms with Crippen LogP contribution in [0, 0.1) is 5.92 Å². The number of fused-ring (bicyclic) bond motifs is 3. The molecule has 1 atom stereocenters. The first-order chi connectivity index (χ1) is 12.1. The van der Waals surface area contributed by atoms with Gasteiger partial charge in [-0.2, -0.15) is 0 Å². The first kappa shape index (κ1) is 16.6. The molecule has 1 aromatic carbocycles. The number of para-hydroxylation sites is 1. The van der Waals surface area contributed by atoms with Gasteiger partial charge in [-0.25, -0.2) is 0 Å². The van der Waals surface area contributed by atoms with Crippen molar-refractivity contribution in [2.75, 3.05) is 19.8 Å². The van der Waals surface area contributed by atoms with Crippen LogP contribution in [0.1, 0.15) is 47.8 Å². The van der Waals surface area contributed by atoms with Crippen molar-refractivity contribution in [3.63, 3.8) is 0 Å². The fraction of sp³-hybridized carbons (Fsp3) is 0.550. The third kappa shape index (κ3) is 3.18. The van der Waals surface area contributed by atoms with Crippen LogP contribution in [-0.2, 0) is 17.6 Å². The Morgan fingerprint density at radius 3 is 3.00 bits per heavy atom. The average molecular weight is 342 g/mol. The summed E-state index contributed by atoms with van der Waals surface area (Å²) in [6.07, 6.45) is 4.43. The zero-order chi connectivity index (χ0) is 17.4. The molecule has 2 aromatic rings. The maximum atomic E-state index is 12.7. The van der Waals surface area contributed by atoms with Gasteiger partial charge in [0.05, 0.1) is 16.7 Å². The molecular weight excluding hydrogens is 316 g/mol. The van der Waals surface area contributed by atoms with Gasteiger partial charge in [-0.05, 0) is 36.8 Å². The maximum absolute atomic E-state index is 12.7. The molecule has 0 spiro atoms. The van der Waals surface area contributed by atoms with Crippen molar-refractivity contribution < 1.29 is 14.6 Å². The summed E-state index contributed by atoms with van der Waals surface area (Å²) < 4.78 is 5.29. The number of aliphatic hydroxyl groups is 1. The molecule has 2 heterocycles. The lowest BCUT2D eigenvalue weighted by Crippen LogP contribution is -2.46. The Bertz CT molecular complexity index is 790. The van der Waals surface area contributed by atoms with E-state index in [1.165, 1.54) is 23.1 Å². The summed E-state index contributed by atoms with van der Waals surface area (Å²) in [5.41, 5.74) is 3.38. The molecule has 0 radical (unpaired) electrons. The van der Waals surface area contributed by atoms with Crippen molar-refractivity contribution in [1.29, 1.82) is 0 Å². The van der Waals surface area contributed by atoms with E-state index in [2.05, 4.69) is 23.3 Å². The van der Waals surface area contributed by atoms with Gasteiger partial charge in [0.15, 0.2) is 0 Å². The first-order valence-corrected chi connectivity index (χ1v) is 9.26. The van der Waals surface area contributed by atoms with Gasteiger partial charge >= 0.3 is 0 Å². The van der Waals surface area contributed by atoms with E-state index in [4.69, 9.17) is 4.74 Å².